The van der Waals surface area contributed by atoms with Crippen LogP contribution in [0.3, 0.4) is 0 Å². The van der Waals surface area contributed by atoms with Gasteiger partial charge in [-0.05, 0) is 38.0 Å². The highest BCUT2D eigenvalue weighted by atomic mass is 35.5. The standard InChI is InChI=1S/C15H17ClN2O2S/c1-2-20-8-7-18-12-6-5-11(16)9-13(12)21-15(18)17-14(19)10-3-4-10/h5-6,9-10H,2-4,7-8H2,1H3. The molecule has 21 heavy (non-hydrogen) atoms. The van der Waals surface area contributed by atoms with Gasteiger partial charge in [-0.3, -0.25) is 4.79 Å². The zero-order valence-corrected chi connectivity index (χ0v) is 13.4. The zero-order chi connectivity index (χ0) is 14.8. The normalized spacial score (nSPS) is 15.8. The topological polar surface area (TPSA) is 43.6 Å². The lowest BCUT2D eigenvalue weighted by Gasteiger charge is -2.05. The van der Waals surface area contributed by atoms with Crippen molar-refractivity contribution in [2.75, 3.05) is 13.2 Å². The summed E-state index contributed by atoms with van der Waals surface area (Å²) in [4.78, 5) is 17.0. The molecular formula is C15H17ClN2O2S. The van der Waals surface area contributed by atoms with Crippen molar-refractivity contribution in [1.29, 1.82) is 0 Å². The van der Waals surface area contributed by atoms with Crippen molar-refractivity contribution in [2.24, 2.45) is 10.9 Å². The summed E-state index contributed by atoms with van der Waals surface area (Å²) in [7, 11) is 0. The molecule has 1 fully saturated rings. The fraction of sp³-hybridized carbons (Fsp3) is 0.467. The van der Waals surface area contributed by atoms with Gasteiger partial charge in [-0.2, -0.15) is 4.99 Å². The smallest absolute Gasteiger partial charge is 0.251 e. The van der Waals surface area contributed by atoms with E-state index in [1.165, 1.54) is 11.3 Å². The maximum Gasteiger partial charge on any atom is 0.251 e. The van der Waals surface area contributed by atoms with Gasteiger partial charge < -0.3 is 9.30 Å². The first kappa shape index (κ1) is 14.8. The van der Waals surface area contributed by atoms with Crippen LogP contribution in [0.15, 0.2) is 23.2 Å². The van der Waals surface area contributed by atoms with Crippen LogP contribution in [0, 0.1) is 5.92 Å². The molecule has 0 spiro atoms. The van der Waals surface area contributed by atoms with Gasteiger partial charge in [0.25, 0.3) is 5.91 Å². The molecule has 1 aliphatic rings. The van der Waals surface area contributed by atoms with Crippen molar-refractivity contribution in [3.05, 3.63) is 28.0 Å². The predicted molar refractivity (Wildman–Crippen MR) is 84.6 cm³/mol. The fourth-order valence-electron chi connectivity index (χ4n) is 2.16. The molecule has 1 aromatic carbocycles. The van der Waals surface area contributed by atoms with Crippen molar-refractivity contribution in [3.63, 3.8) is 0 Å². The van der Waals surface area contributed by atoms with Gasteiger partial charge in [0.1, 0.15) is 0 Å². The number of rotatable bonds is 5. The van der Waals surface area contributed by atoms with E-state index in [4.69, 9.17) is 16.3 Å². The van der Waals surface area contributed by atoms with E-state index in [9.17, 15) is 4.79 Å². The maximum atomic E-state index is 12.0. The average molecular weight is 325 g/mol. The minimum absolute atomic E-state index is 0.00203. The maximum absolute atomic E-state index is 12.0. The van der Waals surface area contributed by atoms with Gasteiger partial charge in [0.2, 0.25) is 0 Å². The molecule has 2 aromatic rings. The Morgan fingerprint density at radius 1 is 1.52 bits per heavy atom. The number of aromatic nitrogens is 1. The van der Waals surface area contributed by atoms with E-state index < -0.39 is 0 Å². The molecule has 1 aliphatic carbocycles. The van der Waals surface area contributed by atoms with Crippen LogP contribution in [-0.4, -0.2) is 23.7 Å². The number of benzene rings is 1. The van der Waals surface area contributed by atoms with Gasteiger partial charge >= 0.3 is 0 Å². The average Bonchev–Trinajstić information content (AvgIpc) is 3.24. The number of nitrogens with zero attached hydrogens (tertiary/aromatic N) is 2. The third-order valence-electron chi connectivity index (χ3n) is 3.44. The van der Waals surface area contributed by atoms with Crippen LogP contribution in [0.1, 0.15) is 19.8 Å². The molecular weight excluding hydrogens is 308 g/mol. The monoisotopic (exact) mass is 324 g/mol. The van der Waals surface area contributed by atoms with Crippen molar-refractivity contribution in [2.45, 2.75) is 26.3 Å². The van der Waals surface area contributed by atoms with Crippen molar-refractivity contribution < 1.29 is 9.53 Å². The molecule has 6 heteroatoms. The van der Waals surface area contributed by atoms with Gasteiger partial charge in [-0.15, -0.1) is 0 Å². The number of thiazole rings is 1. The van der Waals surface area contributed by atoms with Gasteiger partial charge in [0, 0.05) is 24.1 Å². The Morgan fingerprint density at radius 3 is 3.05 bits per heavy atom. The molecule has 1 aromatic heterocycles. The molecule has 4 nitrogen and oxygen atoms in total. The number of halogens is 1. The highest BCUT2D eigenvalue weighted by molar-refractivity contribution is 7.16. The summed E-state index contributed by atoms with van der Waals surface area (Å²) in [5.74, 6) is 0.136. The summed E-state index contributed by atoms with van der Waals surface area (Å²) in [6.07, 6.45) is 1.94. The lowest BCUT2D eigenvalue weighted by Crippen LogP contribution is -2.20. The Bertz CT molecular complexity index is 731. The van der Waals surface area contributed by atoms with Crippen LogP contribution in [0.5, 0.6) is 0 Å². The van der Waals surface area contributed by atoms with E-state index >= 15 is 0 Å². The first-order valence-corrected chi connectivity index (χ1v) is 8.33. The lowest BCUT2D eigenvalue weighted by atomic mass is 10.3. The molecule has 1 heterocycles. The molecule has 0 radical (unpaired) electrons. The fourth-order valence-corrected chi connectivity index (χ4v) is 3.50. The first-order valence-electron chi connectivity index (χ1n) is 7.14. The summed E-state index contributed by atoms with van der Waals surface area (Å²) >= 11 is 7.55. The Kier molecular flexibility index (Phi) is 4.42. The second-order valence-electron chi connectivity index (χ2n) is 5.07. The molecule has 0 bridgehead atoms. The van der Waals surface area contributed by atoms with Crippen molar-refractivity contribution in [1.82, 2.24) is 4.57 Å². The second-order valence-corrected chi connectivity index (χ2v) is 6.52. The molecule has 1 amide bonds. The second kappa shape index (κ2) is 6.30. The SMILES string of the molecule is CCOCCn1c(=NC(=O)C2CC2)sc2cc(Cl)ccc21. The number of ether oxygens (including phenoxy) is 1. The number of amides is 1. The van der Waals surface area contributed by atoms with E-state index in [0.717, 1.165) is 27.9 Å². The Labute approximate surface area is 132 Å². The number of carbonyl (C=O) groups excluding carboxylic acids is 1. The lowest BCUT2D eigenvalue weighted by molar-refractivity contribution is -0.119. The van der Waals surface area contributed by atoms with E-state index in [0.29, 0.717) is 24.8 Å². The van der Waals surface area contributed by atoms with Gasteiger partial charge in [0.05, 0.1) is 16.8 Å². The van der Waals surface area contributed by atoms with Crippen LogP contribution in [0.2, 0.25) is 5.02 Å². The third-order valence-corrected chi connectivity index (χ3v) is 4.72. The van der Waals surface area contributed by atoms with E-state index in [1.54, 1.807) is 0 Å². The van der Waals surface area contributed by atoms with Gasteiger partial charge in [0.15, 0.2) is 4.80 Å². The minimum atomic E-state index is -0.00203. The summed E-state index contributed by atoms with van der Waals surface area (Å²) in [6.45, 7) is 3.95. The van der Waals surface area contributed by atoms with Crippen LogP contribution >= 0.6 is 22.9 Å². The number of hydrogen-bond donors (Lipinski definition) is 0. The third kappa shape index (κ3) is 3.36. The van der Waals surface area contributed by atoms with E-state index in [-0.39, 0.29) is 11.8 Å². The first-order chi connectivity index (χ1) is 10.2. The molecule has 0 saturated heterocycles. The Balaban J connectivity index is 2.03. The summed E-state index contributed by atoms with van der Waals surface area (Å²) in [5.41, 5.74) is 1.05. The molecule has 1 saturated carbocycles. The summed E-state index contributed by atoms with van der Waals surface area (Å²) in [6, 6.07) is 5.75. The quantitative estimate of drug-likeness (QED) is 0.792. The highest BCUT2D eigenvalue weighted by Crippen LogP contribution is 2.30. The van der Waals surface area contributed by atoms with E-state index in [1.807, 2.05) is 29.7 Å². The zero-order valence-electron chi connectivity index (χ0n) is 11.8. The Morgan fingerprint density at radius 2 is 2.33 bits per heavy atom. The molecule has 0 N–H and O–H groups in total. The minimum Gasteiger partial charge on any atom is -0.380 e. The molecule has 3 rings (SSSR count). The van der Waals surface area contributed by atoms with Gasteiger partial charge in [-0.1, -0.05) is 22.9 Å². The summed E-state index contributed by atoms with van der Waals surface area (Å²) < 4.78 is 8.52. The van der Waals surface area contributed by atoms with Crippen LogP contribution in [-0.2, 0) is 16.1 Å². The molecule has 0 unspecified atom stereocenters. The van der Waals surface area contributed by atoms with Gasteiger partial charge in [-0.25, -0.2) is 0 Å². The number of hydrogen-bond acceptors (Lipinski definition) is 3. The van der Waals surface area contributed by atoms with Crippen LogP contribution in [0.4, 0.5) is 0 Å². The predicted octanol–water partition coefficient (Wildman–Crippen LogP) is 3.23. The highest BCUT2D eigenvalue weighted by Gasteiger charge is 2.29. The van der Waals surface area contributed by atoms with Crippen molar-refractivity contribution in [3.8, 4) is 0 Å². The Hall–Kier alpha value is -1.17. The molecule has 0 aliphatic heterocycles. The van der Waals surface area contributed by atoms with Crippen LogP contribution in [0.25, 0.3) is 10.2 Å². The number of fused-ring (bicyclic) bond motifs is 1. The largest absolute Gasteiger partial charge is 0.380 e. The van der Waals surface area contributed by atoms with E-state index in [2.05, 4.69) is 4.99 Å². The molecule has 112 valence electrons. The number of carbonyl (C=O) groups is 1. The van der Waals surface area contributed by atoms with Crippen molar-refractivity contribution >= 4 is 39.1 Å². The molecule has 0 atom stereocenters. The summed E-state index contributed by atoms with van der Waals surface area (Å²) in [5, 5.41) is 0.695. The van der Waals surface area contributed by atoms with Crippen LogP contribution < -0.4 is 4.80 Å².